The Morgan fingerprint density at radius 3 is 2.89 bits per heavy atom. The first-order valence-corrected chi connectivity index (χ1v) is 9.77. The summed E-state index contributed by atoms with van der Waals surface area (Å²) in [6.07, 6.45) is 1.70. The van der Waals surface area contributed by atoms with Crippen LogP contribution in [0.5, 0.6) is 0 Å². The third-order valence-electron chi connectivity index (χ3n) is 2.78. The van der Waals surface area contributed by atoms with Crippen LogP contribution in [0.3, 0.4) is 0 Å². The quantitative estimate of drug-likeness (QED) is 0.680. The SMILES string of the molecule is C[Si](C)(C)CCOC(=O)c1cccc2cn[nH]c12. The van der Waals surface area contributed by atoms with Gasteiger partial charge < -0.3 is 4.74 Å². The molecular formula is C13H18N2O2Si. The minimum Gasteiger partial charge on any atom is -0.462 e. The summed E-state index contributed by atoms with van der Waals surface area (Å²) >= 11 is 0. The number of carbonyl (C=O) groups is 1. The molecule has 0 radical (unpaired) electrons. The van der Waals surface area contributed by atoms with Gasteiger partial charge in [-0.3, -0.25) is 5.10 Å². The van der Waals surface area contributed by atoms with Gasteiger partial charge in [-0.1, -0.05) is 31.8 Å². The maximum absolute atomic E-state index is 12.0. The molecule has 1 aromatic carbocycles. The highest BCUT2D eigenvalue weighted by Gasteiger charge is 2.16. The van der Waals surface area contributed by atoms with Crippen molar-refractivity contribution < 1.29 is 9.53 Å². The molecule has 96 valence electrons. The Balaban J connectivity index is 2.07. The number of aromatic amines is 1. The zero-order chi connectivity index (χ0) is 13.2. The fourth-order valence-corrected chi connectivity index (χ4v) is 2.38. The van der Waals surface area contributed by atoms with Crippen LogP contribution in [0, 0.1) is 0 Å². The molecule has 18 heavy (non-hydrogen) atoms. The first-order chi connectivity index (χ1) is 8.47. The topological polar surface area (TPSA) is 55.0 Å². The number of esters is 1. The maximum atomic E-state index is 12.0. The van der Waals surface area contributed by atoms with Crippen molar-refractivity contribution in [1.29, 1.82) is 0 Å². The second kappa shape index (κ2) is 4.94. The molecule has 0 aliphatic heterocycles. The van der Waals surface area contributed by atoms with Crippen molar-refractivity contribution in [3.8, 4) is 0 Å². The molecule has 0 saturated heterocycles. The van der Waals surface area contributed by atoms with Gasteiger partial charge in [0.05, 0.1) is 23.9 Å². The first kappa shape index (κ1) is 12.8. The van der Waals surface area contributed by atoms with E-state index in [0.717, 1.165) is 16.9 Å². The lowest BCUT2D eigenvalue weighted by Gasteiger charge is -2.15. The molecule has 0 aliphatic carbocycles. The number of para-hydroxylation sites is 1. The van der Waals surface area contributed by atoms with Crippen molar-refractivity contribution in [2.75, 3.05) is 6.61 Å². The van der Waals surface area contributed by atoms with Crippen LogP contribution >= 0.6 is 0 Å². The predicted molar refractivity (Wildman–Crippen MR) is 74.5 cm³/mol. The van der Waals surface area contributed by atoms with E-state index in [1.165, 1.54) is 0 Å². The predicted octanol–water partition coefficient (Wildman–Crippen LogP) is 3.06. The van der Waals surface area contributed by atoms with E-state index in [1.807, 2.05) is 12.1 Å². The molecule has 0 saturated carbocycles. The number of nitrogens with one attached hydrogen (secondary N) is 1. The van der Waals surface area contributed by atoms with Crippen LogP contribution in [-0.2, 0) is 4.74 Å². The molecule has 4 nitrogen and oxygen atoms in total. The van der Waals surface area contributed by atoms with Gasteiger partial charge in [0.15, 0.2) is 0 Å². The summed E-state index contributed by atoms with van der Waals surface area (Å²) < 4.78 is 5.33. The highest BCUT2D eigenvalue weighted by molar-refractivity contribution is 6.76. The van der Waals surface area contributed by atoms with Crippen LogP contribution in [0.4, 0.5) is 0 Å². The molecule has 0 unspecified atom stereocenters. The summed E-state index contributed by atoms with van der Waals surface area (Å²) in [7, 11) is -1.16. The van der Waals surface area contributed by atoms with Crippen LogP contribution in [0.25, 0.3) is 10.9 Å². The van der Waals surface area contributed by atoms with E-state index in [9.17, 15) is 4.79 Å². The zero-order valence-electron chi connectivity index (χ0n) is 11.0. The lowest BCUT2D eigenvalue weighted by Crippen LogP contribution is -2.22. The van der Waals surface area contributed by atoms with Gasteiger partial charge in [-0.05, 0) is 12.1 Å². The van der Waals surface area contributed by atoms with Gasteiger partial charge in [0.25, 0.3) is 0 Å². The molecule has 0 spiro atoms. The van der Waals surface area contributed by atoms with Crippen LogP contribution in [0.1, 0.15) is 10.4 Å². The van der Waals surface area contributed by atoms with Crippen molar-refractivity contribution in [1.82, 2.24) is 10.2 Å². The molecule has 1 aromatic heterocycles. The molecule has 0 amide bonds. The van der Waals surface area contributed by atoms with Gasteiger partial charge in [0.2, 0.25) is 0 Å². The van der Waals surface area contributed by atoms with E-state index < -0.39 is 8.07 Å². The molecule has 0 atom stereocenters. The molecule has 0 fully saturated rings. The Morgan fingerprint density at radius 2 is 2.17 bits per heavy atom. The summed E-state index contributed by atoms with van der Waals surface area (Å²) in [5, 5.41) is 7.70. The lowest BCUT2D eigenvalue weighted by molar-refractivity contribution is 0.0527. The van der Waals surface area contributed by atoms with Crippen molar-refractivity contribution in [3.63, 3.8) is 0 Å². The van der Waals surface area contributed by atoms with Gasteiger partial charge >= 0.3 is 5.97 Å². The van der Waals surface area contributed by atoms with E-state index in [4.69, 9.17) is 4.74 Å². The summed E-state index contributed by atoms with van der Waals surface area (Å²) in [4.78, 5) is 12.0. The molecule has 2 rings (SSSR count). The van der Waals surface area contributed by atoms with Gasteiger partial charge in [-0.15, -0.1) is 0 Å². The number of hydrogen-bond donors (Lipinski definition) is 1. The second-order valence-corrected chi connectivity index (χ2v) is 11.2. The second-order valence-electron chi connectivity index (χ2n) is 5.59. The minimum atomic E-state index is -1.16. The Hall–Kier alpha value is -1.62. The van der Waals surface area contributed by atoms with Crippen molar-refractivity contribution >= 4 is 24.9 Å². The largest absolute Gasteiger partial charge is 0.462 e. The van der Waals surface area contributed by atoms with Crippen LogP contribution in [0.2, 0.25) is 25.7 Å². The number of rotatable bonds is 4. The molecule has 0 aliphatic rings. The number of aromatic nitrogens is 2. The first-order valence-electron chi connectivity index (χ1n) is 6.06. The normalized spacial score (nSPS) is 11.7. The van der Waals surface area contributed by atoms with Crippen LogP contribution in [-0.4, -0.2) is 30.8 Å². The van der Waals surface area contributed by atoms with Gasteiger partial charge in [-0.2, -0.15) is 5.10 Å². The van der Waals surface area contributed by atoms with Crippen LogP contribution < -0.4 is 0 Å². The van der Waals surface area contributed by atoms with Crippen molar-refractivity contribution in [2.24, 2.45) is 0 Å². The average molecular weight is 262 g/mol. The monoisotopic (exact) mass is 262 g/mol. The van der Waals surface area contributed by atoms with E-state index in [0.29, 0.717) is 12.2 Å². The van der Waals surface area contributed by atoms with Gasteiger partial charge in [0, 0.05) is 13.5 Å². The fraction of sp³-hybridized carbons (Fsp3) is 0.385. The van der Waals surface area contributed by atoms with E-state index in [-0.39, 0.29) is 5.97 Å². The van der Waals surface area contributed by atoms with E-state index in [1.54, 1.807) is 12.3 Å². The summed E-state index contributed by atoms with van der Waals surface area (Å²) in [6.45, 7) is 7.28. The number of hydrogen-bond acceptors (Lipinski definition) is 3. The molecule has 5 heteroatoms. The lowest BCUT2D eigenvalue weighted by atomic mass is 10.1. The number of benzene rings is 1. The third-order valence-corrected chi connectivity index (χ3v) is 4.49. The Morgan fingerprint density at radius 1 is 1.39 bits per heavy atom. The number of H-pyrrole nitrogens is 1. The minimum absolute atomic E-state index is 0.275. The summed E-state index contributed by atoms with van der Waals surface area (Å²) in [5.41, 5.74) is 1.30. The summed E-state index contributed by atoms with van der Waals surface area (Å²) in [6, 6.07) is 6.50. The van der Waals surface area contributed by atoms with Gasteiger partial charge in [0.1, 0.15) is 0 Å². The van der Waals surface area contributed by atoms with E-state index in [2.05, 4.69) is 29.8 Å². The number of carbonyl (C=O) groups excluding carboxylic acids is 1. The van der Waals surface area contributed by atoms with Crippen molar-refractivity contribution in [3.05, 3.63) is 30.0 Å². The Kier molecular flexibility index (Phi) is 3.52. The zero-order valence-corrected chi connectivity index (χ0v) is 12.0. The molecule has 1 heterocycles. The van der Waals surface area contributed by atoms with Gasteiger partial charge in [-0.25, -0.2) is 4.79 Å². The number of fused-ring (bicyclic) bond motifs is 1. The fourth-order valence-electron chi connectivity index (χ4n) is 1.67. The average Bonchev–Trinajstić information content (AvgIpc) is 2.74. The van der Waals surface area contributed by atoms with Crippen LogP contribution in [0.15, 0.2) is 24.4 Å². The maximum Gasteiger partial charge on any atom is 0.340 e. The number of nitrogens with zero attached hydrogens (tertiary/aromatic N) is 1. The molecule has 1 N–H and O–H groups in total. The standard InChI is InChI=1S/C13H18N2O2Si/c1-18(2,3)8-7-17-13(16)11-6-4-5-10-9-14-15-12(10)11/h4-6,9H,7-8H2,1-3H3,(H,14,15). The highest BCUT2D eigenvalue weighted by Crippen LogP contribution is 2.17. The van der Waals surface area contributed by atoms with Crippen molar-refractivity contribution in [2.45, 2.75) is 25.7 Å². The smallest absolute Gasteiger partial charge is 0.340 e. The Bertz CT molecular complexity index is 557. The molecule has 0 bridgehead atoms. The van der Waals surface area contributed by atoms with E-state index >= 15 is 0 Å². The molecule has 2 aromatic rings. The number of ether oxygens (including phenoxy) is 1. The Labute approximate surface area is 107 Å². The highest BCUT2D eigenvalue weighted by atomic mass is 28.3. The third kappa shape index (κ3) is 2.98. The summed E-state index contributed by atoms with van der Waals surface area (Å²) in [5.74, 6) is -0.275. The molecular weight excluding hydrogens is 244 g/mol.